The molecule has 0 spiro atoms. The number of nitrogens with zero attached hydrogens (tertiary/aromatic N) is 2. The van der Waals surface area contributed by atoms with Crippen LogP contribution in [0.1, 0.15) is 5.01 Å². The van der Waals surface area contributed by atoms with Gasteiger partial charge in [-0.05, 0) is 17.7 Å². The fraction of sp³-hybridized carbons (Fsp3) is 0.0556. The Labute approximate surface area is 127 Å². The Bertz CT molecular complexity index is 861. The number of thiazole rings is 1. The van der Waals surface area contributed by atoms with Gasteiger partial charge in [0.15, 0.2) is 0 Å². The van der Waals surface area contributed by atoms with Crippen molar-refractivity contribution in [3.63, 3.8) is 0 Å². The third kappa shape index (κ3) is 2.26. The van der Waals surface area contributed by atoms with Gasteiger partial charge in [-0.3, -0.25) is 0 Å². The number of fused-ring (bicyclic) bond motifs is 1. The molecule has 0 bridgehead atoms. The molecule has 0 aliphatic heterocycles. The Balaban J connectivity index is 1.93. The Hall–Kier alpha value is -2.39. The van der Waals surface area contributed by atoms with Crippen LogP contribution < -0.4 is 0 Å². The Morgan fingerprint density at radius 2 is 1.76 bits per heavy atom. The Kier molecular flexibility index (Phi) is 3.05. The van der Waals surface area contributed by atoms with Crippen molar-refractivity contribution in [2.24, 2.45) is 0 Å². The van der Waals surface area contributed by atoms with Gasteiger partial charge in [0.05, 0.1) is 6.54 Å². The van der Waals surface area contributed by atoms with Crippen LogP contribution in [0.25, 0.3) is 22.2 Å². The summed E-state index contributed by atoms with van der Waals surface area (Å²) in [5, 5.41) is 4.44. The summed E-state index contributed by atoms with van der Waals surface area (Å²) in [6.45, 7) is 0.815. The molecule has 0 radical (unpaired) electrons. The van der Waals surface area contributed by atoms with Gasteiger partial charge in [0, 0.05) is 28.2 Å². The van der Waals surface area contributed by atoms with Crippen LogP contribution >= 0.6 is 11.3 Å². The van der Waals surface area contributed by atoms with Gasteiger partial charge < -0.3 is 4.57 Å². The van der Waals surface area contributed by atoms with Crippen molar-refractivity contribution in [3.05, 3.63) is 77.2 Å². The summed E-state index contributed by atoms with van der Waals surface area (Å²) in [5.41, 5.74) is 3.74. The van der Waals surface area contributed by atoms with E-state index in [1.807, 2.05) is 11.6 Å². The molecule has 102 valence electrons. The number of hydrogen-bond acceptors (Lipinski definition) is 2. The van der Waals surface area contributed by atoms with Gasteiger partial charge in [0.25, 0.3) is 0 Å². The predicted octanol–water partition coefficient (Wildman–Crippen LogP) is 4.81. The van der Waals surface area contributed by atoms with E-state index in [0.717, 1.165) is 11.6 Å². The molecule has 21 heavy (non-hydrogen) atoms. The maximum atomic E-state index is 4.43. The van der Waals surface area contributed by atoms with Crippen LogP contribution in [0, 0.1) is 0 Å². The predicted molar refractivity (Wildman–Crippen MR) is 88.6 cm³/mol. The molecule has 4 aromatic rings. The van der Waals surface area contributed by atoms with Gasteiger partial charge in [-0.2, -0.15) is 0 Å². The highest BCUT2D eigenvalue weighted by Crippen LogP contribution is 2.29. The molecule has 2 aromatic carbocycles. The molecule has 0 N–H and O–H groups in total. The first-order valence-electron chi connectivity index (χ1n) is 6.94. The molecule has 2 aromatic heterocycles. The van der Waals surface area contributed by atoms with E-state index in [4.69, 9.17) is 0 Å². The normalized spacial score (nSPS) is 11.0. The fourth-order valence-corrected chi connectivity index (χ4v) is 3.30. The molecular weight excluding hydrogens is 276 g/mol. The molecule has 4 rings (SSSR count). The molecule has 3 heteroatoms. The number of hydrogen-bond donors (Lipinski definition) is 0. The lowest BCUT2D eigenvalue weighted by molar-refractivity contribution is 0.836. The zero-order chi connectivity index (χ0) is 14.1. The van der Waals surface area contributed by atoms with E-state index in [9.17, 15) is 0 Å². The first kappa shape index (κ1) is 12.4. The van der Waals surface area contributed by atoms with Crippen molar-refractivity contribution in [1.29, 1.82) is 0 Å². The van der Waals surface area contributed by atoms with Crippen LogP contribution in [-0.2, 0) is 6.54 Å². The Morgan fingerprint density at radius 3 is 2.57 bits per heavy atom. The average molecular weight is 290 g/mol. The number of benzene rings is 2. The molecule has 2 heterocycles. The van der Waals surface area contributed by atoms with E-state index >= 15 is 0 Å². The molecule has 0 unspecified atom stereocenters. The SMILES string of the molecule is c1ccc(-c2cc3ccccc3n2Cc2nccs2)cc1. The lowest BCUT2D eigenvalue weighted by Gasteiger charge is -2.09. The second-order valence-electron chi connectivity index (χ2n) is 4.97. The summed E-state index contributed by atoms with van der Waals surface area (Å²) < 4.78 is 2.35. The van der Waals surface area contributed by atoms with Crippen molar-refractivity contribution < 1.29 is 0 Å². The van der Waals surface area contributed by atoms with Gasteiger partial charge in [0.2, 0.25) is 0 Å². The fourth-order valence-electron chi connectivity index (χ4n) is 2.70. The molecule has 2 nitrogen and oxygen atoms in total. The highest BCUT2D eigenvalue weighted by Gasteiger charge is 2.11. The van der Waals surface area contributed by atoms with Gasteiger partial charge >= 0.3 is 0 Å². The summed E-state index contributed by atoms with van der Waals surface area (Å²) in [6.07, 6.45) is 1.87. The summed E-state index contributed by atoms with van der Waals surface area (Å²) in [4.78, 5) is 4.43. The van der Waals surface area contributed by atoms with Crippen LogP contribution in [-0.4, -0.2) is 9.55 Å². The minimum Gasteiger partial charge on any atom is -0.334 e. The summed E-state index contributed by atoms with van der Waals surface area (Å²) >= 11 is 1.70. The number of aromatic nitrogens is 2. The van der Waals surface area contributed by atoms with Crippen molar-refractivity contribution in [1.82, 2.24) is 9.55 Å². The molecule has 0 saturated carbocycles. The van der Waals surface area contributed by atoms with Gasteiger partial charge in [-0.25, -0.2) is 4.98 Å². The minimum atomic E-state index is 0.815. The summed E-state index contributed by atoms with van der Waals surface area (Å²) in [6, 6.07) is 21.3. The van der Waals surface area contributed by atoms with E-state index in [0.29, 0.717) is 0 Å². The molecule has 0 fully saturated rings. The minimum absolute atomic E-state index is 0.815. The van der Waals surface area contributed by atoms with E-state index in [-0.39, 0.29) is 0 Å². The maximum Gasteiger partial charge on any atom is 0.112 e. The zero-order valence-electron chi connectivity index (χ0n) is 11.4. The molecule has 0 aliphatic rings. The molecule has 0 saturated heterocycles. The first-order valence-corrected chi connectivity index (χ1v) is 7.82. The quantitative estimate of drug-likeness (QED) is 0.529. The highest BCUT2D eigenvalue weighted by molar-refractivity contribution is 7.09. The van der Waals surface area contributed by atoms with E-state index in [1.165, 1.54) is 22.2 Å². The topological polar surface area (TPSA) is 17.8 Å². The van der Waals surface area contributed by atoms with Crippen LogP contribution in [0.15, 0.2) is 72.2 Å². The second kappa shape index (κ2) is 5.19. The van der Waals surface area contributed by atoms with E-state index in [1.54, 1.807) is 11.3 Å². The summed E-state index contributed by atoms with van der Waals surface area (Å²) in [7, 11) is 0. The number of para-hydroxylation sites is 1. The van der Waals surface area contributed by atoms with Crippen LogP contribution in [0.3, 0.4) is 0 Å². The number of rotatable bonds is 3. The molecular formula is C18H14N2S. The zero-order valence-corrected chi connectivity index (χ0v) is 12.3. The summed E-state index contributed by atoms with van der Waals surface area (Å²) in [5.74, 6) is 0. The van der Waals surface area contributed by atoms with Gasteiger partial charge in [-0.1, -0.05) is 48.5 Å². The standard InChI is InChI=1S/C18H14N2S/c1-2-6-14(7-3-1)17-12-15-8-4-5-9-16(15)20(17)13-18-19-10-11-21-18/h1-12H,13H2. The van der Waals surface area contributed by atoms with Crippen molar-refractivity contribution >= 4 is 22.2 Å². The van der Waals surface area contributed by atoms with Crippen LogP contribution in [0.4, 0.5) is 0 Å². The molecule has 0 amide bonds. The van der Waals surface area contributed by atoms with E-state index in [2.05, 4.69) is 70.2 Å². The smallest absolute Gasteiger partial charge is 0.112 e. The van der Waals surface area contributed by atoms with Crippen LogP contribution in [0.2, 0.25) is 0 Å². The van der Waals surface area contributed by atoms with Crippen LogP contribution in [0.5, 0.6) is 0 Å². The molecule has 0 atom stereocenters. The lowest BCUT2D eigenvalue weighted by Crippen LogP contribution is -2.01. The third-order valence-electron chi connectivity index (χ3n) is 3.66. The van der Waals surface area contributed by atoms with Crippen molar-refractivity contribution in [3.8, 4) is 11.3 Å². The van der Waals surface area contributed by atoms with E-state index < -0.39 is 0 Å². The van der Waals surface area contributed by atoms with Crippen molar-refractivity contribution in [2.45, 2.75) is 6.54 Å². The Morgan fingerprint density at radius 1 is 0.952 bits per heavy atom. The van der Waals surface area contributed by atoms with Gasteiger partial charge in [-0.15, -0.1) is 11.3 Å². The van der Waals surface area contributed by atoms with Crippen molar-refractivity contribution in [2.75, 3.05) is 0 Å². The van der Waals surface area contributed by atoms with Gasteiger partial charge in [0.1, 0.15) is 5.01 Å². The monoisotopic (exact) mass is 290 g/mol. The lowest BCUT2D eigenvalue weighted by atomic mass is 10.1. The second-order valence-corrected chi connectivity index (χ2v) is 5.95. The third-order valence-corrected chi connectivity index (χ3v) is 4.42. The highest BCUT2D eigenvalue weighted by atomic mass is 32.1. The molecule has 0 aliphatic carbocycles. The first-order chi connectivity index (χ1) is 10.4. The largest absolute Gasteiger partial charge is 0.334 e. The average Bonchev–Trinajstić information content (AvgIpc) is 3.17. The maximum absolute atomic E-state index is 4.43.